The number of carbonyl (C=O) groups is 3. The van der Waals surface area contributed by atoms with Gasteiger partial charge < -0.3 is 34.7 Å². The minimum atomic E-state index is -0.498. The van der Waals surface area contributed by atoms with Crippen molar-refractivity contribution in [1.29, 1.82) is 0 Å². The minimum Gasteiger partial charge on any atom is -0.444 e. The molecule has 4 rings (SSSR count). The lowest BCUT2D eigenvalue weighted by atomic mass is 10.0. The summed E-state index contributed by atoms with van der Waals surface area (Å²) >= 11 is 0. The molecule has 2 heterocycles. The maximum absolute atomic E-state index is 12.6. The molecule has 2 unspecified atom stereocenters. The number of aldehydes is 1. The van der Waals surface area contributed by atoms with Gasteiger partial charge in [-0.25, -0.2) is 9.59 Å². The number of aliphatic hydroxyl groups excluding tert-OH is 2. The summed E-state index contributed by atoms with van der Waals surface area (Å²) in [5.41, 5.74) is 1.49. The number of carbonyl (C=O) groups excluding carboxylic acids is 3. The zero-order valence-corrected chi connectivity index (χ0v) is 31.9. The predicted molar refractivity (Wildman–Crippen MR) is 201 cm³/mol. The van der Waals surface area contributed by atoms with E-state index in [1.807, 2.05) is 82.8 Å². The highest BCUT2D eigenvalue weighted by Crippen LogP contribution is 2.22. The molecule has 2 aliphatic heterocycles. The molecule has 2 aromatic rings. The van der Waals surface area contributed by atoms with Gasteiger partial charge in [0.05, 0.1) is 19.3 Å². The second-order valence-electron chi connectivity index (χ2n) is 15.0. The van der Waals surface area contributed by atoms with Gasteiger partial charge in [-0.15, -0.1) is 0 Å². The number of likely N-dealkylation sites (tertiary alicyclic amines) is 2. The number of aliphatic hydroxyl groups is 2. The summed E-state index contributed by atoms with van der Waals surface area (Å²) in [4.78, 5) is 40.7. The Balaban J connectivity index is 0.000000293. The molecule has 2 amide bonds. The van der Waals surface area contributed by atoms with Crippen LogP contribution in [-0.2, 0) is 27.4 Å². The van der Waals surface area contributed by atoms with Crippen LogP contribution in [0.3, 0.4) is 0 Å². The topological polar surface area (TPSA) is 132 Å². The van der Waals surface area contributed by atoms with E-state index in [9.17, 15) is 19.5 Å². The molecule has 0 spiro atoms. The van der Waals surface area contributed by atoms with E-state index in [-0.39, 0.29) is 37.5 Å². The highest BCUT2D eigenvalue weighted by Gasteiger charge is 2.32. The van der Waals surface area contributed by atoms with Crippen molar-refractivity contribution in [2.75, 3.05) is 45.9 Å². The van der Waals surface area contributed by atoms with Crippen LogP contribution in [0.4, 0.5) is 9.59 Å². The highest BCUT2D eigenvalue weighted by molar-refractivity contribution is 5.74. The van der Waals surface area contributed by atoms with Crippen LogP contribution in [0.2, 0.25) is 0 Å². The minimum absolute atomic E-state index is 0.117. The molecule has 2 aromatic carbocycles. The molecule has 3 N–H and O–H groups in total. The third kappa shape index (κ3) is 18.5. The zero-order chi connectivity index (χ0) is 37.7. The summed E-state index contributed by atoms with van der Waals surface area (Å²) in [5, 5.41) is 21.0. The van der Waals surface area contributed by atoms with E-state index in [1.165, 1.54) is 16.0 Å². The van der Waals surface area contributed by atoms with Gasteiger partial charge in [0.25, 0.3) is 0 Å². The molecule has 11 heteroatoms. The molecule has 2 aliphatic rings. The third-order valence-corrected chi connectivity index (χ3v) is 8.18. The van der Waals surface area contributed by atoms with Crippen molar-refractivity contribution in [3.8, 4) is 0 Å². The van der Waals surface area contributed by atoms with Gasteiger partial charge in [-0.1, -0.05) is 60.7 Å². The van der Waals surface area contributed by atoms with Gasteiger partial charge >= 0.3 is 12.2 Å². The Hall–Kier alpha value is -3.51. The Bertz CT molecular complexity index is 1250. The number of benzene rings is 2. The van der Waals surface area contributed by atoms with E-state index in [2.05, 4.69) is 34.5 Å². The van der Waals surface area contributed by atoms with E-state index in [4.69, 9.17) is 14.6 Å². The van der Waals surface area contributed by atoms with Gasteiger partial charge in [0, 0.05) is 51.9 Å². The van der Waals surface area contributed by atoms with E-state index in [0.29, 0.717) is 19.6 Å². The summed E-state index contributed by atoms with van der Waals surface area (Å²) in [5.74, 6) is 0. The number of hydrogen-bond acceptors (Lipinski definition) is 9. The third-order valence-electron chi connectivity index (χ3n) is 8.18. The van der Waals surface area contributed by atoms with Crippen LogP contribution in [0, 0.1) is 0 Å². The van der Waals surface area contributed by atoms with Crippen molar-refractivity contribution >= 4 is 18.5 Å². The van der Waals surface area contributed by atoms with Crippen molar-refractivity contribution < 1.29 is 34.1 Å². The molecule has 2 atom stereocenters. The van der Waals surface area contributed by atoms with Crippen LogP contribution in [-0.4, -0.2) is 113 Å². The molecule has 2 fully saturated rings. The largest absolute Gasteiger partial charge is 0.444 e. The van der Waals surface area contributed by atoms with Crippen LogP contribution in [0.5, 0.6) is 0 Å². The average molecular weight is 713 g/mol. The molecule has 51 heavy (non-hydrogen) atoms. The molecule has 286 valence electrons. The number of amides is 2. The first-order valence-corrected chi connectivity index (χ1v) is 18.4. The van der Waals surface area contributed by atoms with Crippen LogP contribution >= 0.6 is 0 Å². The van der Waals surface area contributed by atoms with Gasteiger partial charge in [0.15, 0.2) is 0 Å². The van der Waals surface area contributed by atoms with Gasteiger partial charge in [-0.3, -0.25) is 9.80 Å². The number of hydrogen-bond donors (Lipinski definition) is 3. The highest BCUT2D eigenvalue weighted by atomic mass is 16.6. The average Bonchev–Trinajstić information content (AvgIpc) is 3.09. The first kappa shape index (κ1) is 43.7. The Morgan fingerprint density at radius 2 is 1.31 bits per heavy atom. The number of nitrogens with one attached hydrogen (secondary N) is 1. The molecule has 0 radical (unpaired) electrons. The molecule has 0 aromatic heterocycles. The first-order valence-electron chi connectivity index (χ1n) is 18.4. The van der Waals surface area contributed by atoms with Crippen LogP contribution in [0.25, 0.3) is 0 Å². The maximum atomic E-state index is 12.6. The zero-order valence-electron chi connectivity index (χ0n) is 31.9. The second kappa shape index (κ2) is 23.1. The number of nitrogens with zero attached hydrogens (tertiary/aromatic N) is 3. The first-order chi connectivity index (χ1) is 24.3. The molecule has 0 bridgehead atoms. The quantitative estimate of drug-likeness (QED) is 0.189. The number of ether oxygens (including phenoxy) is 2. The Kier molecular flexibility index (Phi) is 19.8. The predicted octanol–water partition coefficient (Wildman–Crippen LogP) is 6.01. The van der Waals surface area contributed by atoms with Crippen molar-refractivity contribution in [3.63, 3.8) is 0 Å². The monoisotopic (exact) mass is 712 g/mol. The molecule has 11 nitrogen and oxygen atoms in total. The van der Waals surface area contributed by atoms with Crippen molar-refractivity contribution in [1.82, 2.24) is 20.0 Å². The smallest absolute Gasteiger partial charge is 0.410 e. The van der Waals surface area contributed by atoms with E-state index in [1.54, 1.807) is 0 Å². The second-order valence-corrected chi connectivity index (χ2v) is 15.0. The summed E-state index contributed by atoms with van der Waals surface area (Å²) in [6.45, 7) is 16.5. The molecular formula is C40H64N4O7. The number of piperidine rings is 2. The Morgan fingerprint density at radius 1 is 0.784 bits per heavy atom. The van der Waals surface area contributed by atoms with Gasteiger partial charge in [0.1, 0.15) is 17.5 Å². The molecular weight excluding hydrogens is 648 g/mol. The fraction of sp³-hybridized carbons (Fsp3) is 0.625. The Morgan fingerprint density at radius 3 is 1.84 bits per heavy atom. The van der Waals surface area contributed by atoms with Crippen molar-refractivity contribution in [2.24, 2.45) is 0 Å². The number of rotatable bonds is 11. The fourth-order valence-corrected chi connectivity index (χ4v) is 5.82. The van der Waals surface area contributed by atoms with Crippen LogP contribution in [0.15, 0.2) is 60.7 Å². The van der Waals surface area contributed by atoms with E-state index in [0.717, 1.165) is 71.0 Å². The van der Waals surface area contributed by atoms with E-state index < -0.39 is 11.2 Å². The van der Waals surface area contributed by atoms with Crippen LogP contribution < -0.4 is 5.32 Å². The lowest BCUT2D eigenvalue weighted by Gasteiger charge is -2.39. The summed E-state index contributed by atoms with van der Waals surface area (Å²) in [7, 11) is 0. The van der Waals surface area contributed by atoms with E-state index >= 15 is 0 Å². The van der Waals surface area contributed by atoms with Gasteiger partial charge in [-0.05, 0) is 91.2 Å². The fourth-order valence-electron chi connectivity index (χ4n) is 5.82. The summed E-state index contributed by atoms with van der Waals surface area (Å²) < 4.78 is 10.8. The summed E-state index contributed by atoms with van der Waals surface area (Å²) in [6.07, 6.45) is 6.07. The maximum Gasteiger partial charge on any atom is 0.410 e. The molecule has 0 aliphatic carbocycles. The standard InChI is InChI=1S/C20H32N2O3.C11H19NO3.C9H13NO/c1-20(2,3)25-19(24)22-12-8-7-11-18(22)16-21(13-14-23)15-17-9-5-4-6-10-17;1-11(2,3)15-10(14)12-7-5-4-6-9(12)8-13;11-7-6-10-8-9-4-2-1-3-5-9/h4-6,9-10,18,23H,7-8,11-16H2,1-3H3;8-9H,4-7H2,1-3H3;1-5,10-11H,6-8H2. The van der Waals surface area contributed by atoms with Gasteiger partial charge in [0.2, 0.25) is 0 Å². The Labute approximate surface area is 306 Å². The van der Waals surface area contributed by atoms with Crippen molar-refractivity contribution in [3.05, 3.63) is 71.8 Å². The van der Waals surface area contributed by atoms with Gasteiger partial charge in [-0.2, -0.15) is 0 Å². The molecule has 0 saturated carbocycles. The SMILES string of the molecule is CC(C)(C)OC(=O)N1CCCCC1C=O.CC(C)(C)OC(=O)N1CCCCC1CN(CCO)Cc1ccccc1.OCCNCc1ccccc1. The summed E-state index contributed by atoms with van der Waals surface area (Å²) in [6, 6.07) is 20.2. The molecule has 2 saturated heterocycles. The lowest BCUT2D eigenvalue weighted by Crippen LogP contribution is -2.51. The lowest BCUT2D eigenvalue weighted by molar-refractivity contribution is -0.113. The normalized spacial score (nSPS) is 17.7. The van der Waals surface area contributed by atoms with Crippen LogP contribution in [0.1, 0.15) is 91.2 Å². The van der Waals surface area contributed by atoms with Crippen molar-refractivity contribution in [2.45, 2.75) is 116 Å².